The molecule has 1 aliphatic heterocycles. The zero-order chi connectivity index (χ0) is 14.6. The molecule has 2 N–H and O–H groups in total. The monoisotopic (exact) mass is 296 g/mol. The third-order valence-electron chi connectivity index (χ3n) is 3.88. The van der Waals surface area contributed by atoms with Crippen LogP contribution < -0.4 is 10.0 Å². The second kappa shape index (κ2) is 6.70. The lowest BCUT2D eigenvalue weighted by molar-refractivity contribution is 0.372. The van der Waals surface area contributed by atoms with Crippen molar-refractivity contribution in [3.8, 4) is 0 Å². The SMILES string of the molecule is CC(C)c1ccc(S(=O)(=O)NCC2CCNCC2)cc1. The Labute approximate surface area is 122 Å². The number of hydrogen-bond donors (Lipinski definition) is 2. The first kappa shape index (κ1) is 15.5. The summed E-state index contributed by atoms with van der Waals surface area (Å²) in [5.41, 5.74) is 1.15. The highest BCUT2D eigenvalue weighted by molar-refractivity contribution is 7.89. The Kier molecular flexibility index (Phi) is 5.18. The maximum absolute atomic E-state index is 12.2. The van der Waals surface area contributed by atoms with Gasteiger partial charge in [-0.1, -0.05) is 26.0 Å². The summed E-state index contributed by atoms with van der Waals surface area (Å²) < 4.78 is 27.2. The molecule has 112 valence electrons. The van der Waals surface area contributed by atoms with Crippen molar-refractivity contribution in [2.24, 2.45) is 5.92 Å². The van der Waals surface area contributed by atoms with E-state index in [0.717, 1.165) is 31.5 Å². The average Bonchev–Trinajstić information content (AvgIpc) is 2.46. The van der Waals surface area contributed by atoms with Gasteiger partial charge in [-0.3, -0.25) is 0 Å². The van der Waals surface area contributed by atoms with Crippen molar-refractivity contribution >= 4 is 10.0 Å². The van der Waals surface area contributed by atoms with E-state index in [-0.39, 0.29) is 0 Å². The standard InChI is InChI=1S/C15H24N2O2S/c1-12(2)14-3-5-15(6-4-14)20(18,19)17-11-13-7-9-16-10-8-13/h3-6,12-13,16-17H,7-11H2,1-2H3. The number of piperidine rings is 1. The quantitative estimate of drug-likeness (QED) is 0.875. The molecule has 1 heterocycles. The molecule has 4 nitrogen and oxygen atoms in total. The number of hydrogen-bond acceptors (Lipinski definition) is 3. The van der Waals surface area contributed by atoms with Crippen molar-refractivity contribution in [2.75, 3.05) is 19.6 Å². The van der Waals surface area contributed by atoms with Gasteiger partial charge in [-0.2, -0.15) is 0 Å². The highest BCUT2D eigenvalue weighted by Gasteiger charge is 2.18. The van der Waals surface area contributed by atoms with E-state index >= 15 is 0 Å². The van der Waals surface area contributed by atoms with E-state index in [4.69, 9.17) is 0 Å². The van der Waals surface area contributed by atoms with Crippen molar-refractivity contribution in [1.29, 1.82) is 0 Å². The van der Waals surface area contributed by atoms with Crippen LogP contribution in [0.1, 0.15) is 38.2 Å². The second-order valence-electron chi connectivity index (χ2n) is 5.77. The normalized spacial score (nSPS) is 17.6. The third-order valence-corrected chi connectivity index (χ3v) is 5.32. The first-order valence-electron chi connectivity index (χ1n) is 7.29. The Morgan fingerprint density at radius 3 is 2.35 bits per heavy atom. The van der Waals surface area contributed by atoms with E-state index in [1.165, 1.54) is 0 Å². The molecule has 1 aromatic rings. The van der Waals surface area contributed by atoms with Gasteiger partial charge in [-0.15, -0.1) is 0 Å². The predicted molar refractivity (Wildman–Crippen MR) is 81.3 cm³/mol. The molecule has 0 saturated carbocycles. The van der Waals surface area contributed by atoms with E-state index < -0.39 is 10.0 Å². The second-order valence-corrected chi connectivity index (χ2v) is 7.54. The molecule has 0 atom stereocenters. The van der Waals surface area contributed by atoms with Crippen LogP contribution in [-0.4, -0.2) is 28.1 Å². The molecule has 20 heavy (non-hydrogen) atoms. The molecule has 0 aliphatic carbocycles. The van der Waals surface area contributed by atoms with Crippen LogP contribution in [0.5, 0.6) is 0 Å². The minimum Gasteiger partial charge on any atom is -0.317 e. The summed E-state index contributed by atoms with van der Waals surface area (Å²) in [6.07, 6.45) is 2.07. The smallest absolute Gasteiger partial charge is 0.240 e. The van der Waals surface area contributed by atoms with Gasteiger partial charge in [0.15, 0.2) is 0 Å². The summed E-state index contributed by atoms with van der Waals surface area (Å²) in [7, 11) is -3.37. The highest BCUT2D eigenvalue weighted by Crippen LogP contribution is 2.18. The van der Waals surface area contributed by atoms with Crippen LogP contribution >= 0.6 is 0 Å². The average molecular weight is 296 g/mol. The first-order valence-corrected chi connectivity index (χ1v) is 8.77. The maximum atomic E-state index is 12.2. The Morgan fingerprint density at radius 1 is 1.20 bits per heavy atom. The fraction of sp³-hybridized carbons (Fsp3) is 0.600. The largest absolute Gasteiger partial charge is 0.317 e. The number of nitrogens with one attached hydrogen (secondary N) is 2. The molecule has 1 fully saturated rings. The molecule has 1 saturated heterocycles. The van der Waals surface area contributed by atoms with Crippen molar-refractivity contribution < 1.29 is 8.42 Å². The molecule has 5 heteroatoms. The summed E-state index contributed by atoms with van der Waals surface area (Å²) in [5.74, 6) is 0.857. The molecule has 0 spiro atoms. The molecule has 1 aliphatic rings. The molecular formula is C15H24N2O2S. The number of rotatable bonds is 5. The first-order chi connectivity index (χ1) is 9.49. The Balaban J connectivity index is 1.98. The van der Waals surface area contributed by atoms with Gasteiger partial charge in [0, 0.05) is 6.54 Å². The molecule has 0 bridgehead atoms. The van der Waals surface area contributed by atoms with Gasteiger partial charge in [0.05, 0.1) is 4.90 Å². The maximum Gasteiger partial charge on any atom is 0.240 e. The lowest BCUT2D eigenvalue weighted by Gasteiger charge is -2.22. The van der Waals surface area contributed by atoms with Crippen LogP contribution in [0.4, 0.5) is 0 Å². The molecule has 1 aromatic carbocycles. The summed E-state index contributed by atoms with van der Waals surface area (Å²) in [5, 5.41) is 3.28. The van der Waals surface area contributed by atoms with E-state index in [9.17, 15) is 8.42 Å². The minimum atomic E-state index is -3.37. The van der Waals surface area contributed by atoms with E-state index in [1.807, 2.05) is 12.1 Å². The van der Waals surface area contributed by atoms with Gasteiger partial charge in [0.1, 0.15) is 0 Å². The summed E-state index contributed by atoms with van der Waals surface area (Å²) in [4.78, 5) is 0.357. The van der Waals surface area contributed by atoms with Crippen molar-refractivity contribution in [2.45, 2.75) is 37.5 Å². The Hall–Kier alpha value is -0.910. The van der Waals surface area contributed by atoms with E-state index in [0.29, 0.717) is 23.3 Å². The molecule has 0 radical (unpaired) electrons. The van der Waals surface area contributed by atoms with E-state index in [1.54, 1.807) is 12.1 Å². The van der Waals surface area contributed by atoms with Gasteiger partial charge < -0.3 is 5.32 Å². The van der Waals surface area contributed by atoms with Crippen LogP contribution in [0, 0.1) is 5.92 Å². The zero-order valence-electron chi connectivity index (χ0n) is 12.2. The van der Waals surface area contributed by atoms with Gasteiger partial charge in [0.25, 0.3) is 0 Å². The van der Waals surface area contributed by atoms with Gasteiger partial charge >= 0.3 is 0 Å². The van der Waals surface area contributed by atoms with Gasteiger partial charge in [0.2, 0.25) is 10.0 Å². The fourth-order valence-corrected chi connectivity index (χ4v) is 3.54. The molecule has 0 amide bonds. The summed E-state index contributed by atoms with van der Waals surface area (Å²) >= 11 is 0. The Bertz CT molecular complexity index is 517. The van der Waals surface area contributed by atoms with Crippen LogP contribution in [0.3, 0.4) is 0 Å². The highest BCUT2D eigenvalue weighted by atomic mass is 32.2. The summed E-state index contributed by atoms with van der Waals surface area (Å²) in [6.45, 7) is 6.69. The van der Waals surface area contributed by atoms with Gasteiger partial charge in [-0.25, -0.2) is 13.1 Å². The van der Waals surface area contributed by atoms with Crippen molar-refractivity contribution in [3.63, 3.8) is 0 Å². The lowest BCUT2D eigenvalue weighted by atomic mass is 9.99. The van der Waals surface area contributed by atoms with Crippen LogP contribution in [0.15, 0.2) is 29.2 Å². The lowest BCUT2D eigenvalue weighted by Crippen LogP contribution is -2.35. The fourth-order valence-electron chi connectivity index (χ4n) is 2.43. The van der Waals surface area contributed by atoms with Crippen LogP contribution in [-0.2, 0) is 10.0 Å². The third kappa shape index (κ3) is 4.04. The molecule has 0 unspecified atom stereocenters. The molecular weight excluding hydrogens is 272 g/mol. The van der Waals surface area contributed by atoms with Crippen LogP contribution in [0.2, 0.25) is 0 Å². The predicted octanol–water partition coefficient (Wildman–Crippen LogP) is 2.09. The minimum absolute atomic E-state index is 0.357. The van der Waals surface area contributed by atoms with Crippen LogP contribution in [0.25, 0.3) is 0 Å². The molecule has 0 aromatic heterocycles. The van der Waals surface area contributed by atoms with Crippen molar-refractivity contribution in [3.05, 3.63) is 29.8 Å². The van der Waals surface area contributed by atoms with E-state index in [2.05, 4.69) is 23.9 Å². The topological polar surface area (TPSA) is 58.2 Å². The number of benzene rings is 1. The zero-order valence-corrected chi connectivity index (χ0v) is 13.0. The molecule has 2 rings (SSSR count). The van der Waals surface area contributed by atoms with Crippen molar-refractivity contribution in [1.82, 2.24) is 10.0 Å². The number of sulfonamides is 1. The Morgan fingerprint density at radius 2 is 1.80 bits per heavy atom. The van der Waals surface area contributed by atoms with Gasteiger partial charge in [-0.05, 0) is 55.5 Å². The summed E-state index contributed by atoms with van der Waals surface area (Å²) in [6, 6.07) is 7.17.